The molecule has 0 saturated heterocycles. The monoisotopic (exact) mass is 448 g/mol. The van der Waals surface area contributed by atoms with Crippen LogP contribution in [0.4, 0.5) is 11.4 Å². The molecule has 0 saturated carbocycles. The molecule has 4 rings (SSSR count). The van der Waals surface area contributed by atoms with Crippen LogP contribution in [-0.2, 0) is 25.7 Å². The zero-order chi connectivity index (χ0) is 24.2. The van der Waals surface area contributed by atoms with Crippen LogP contribution < -0.4 is 11.5 Å². The first-order valence-electron chi connectivity index (χ1n) is 12.2. The van der Waals surface area contributed by atoms with Gasteiger partial charge in [0.15, 0.2) is 0 Å². The topological polar surface area (TPSA) is 52.0 Å². The van der Waals surface area contributed by atoms with Crippen LogP contribution in [0.15, 0.2) is 72.8 Å². The van der Waals surface area contributed by atoms with E-state index in [1.165, 1.54) is 55.6 Å². The molecule has 4 aromatic rings. The van der Waals surface area contributed by atoms with Crippen molar-refractivity contribution in [2.75, 3.05) is 11.5 Å². The van der Waals surface area contributed by atoms with E-state index in [4.69, 9.17) is 11.5 Å². The molecule has 0 amide bonds. The molecule has 0 fully saturated rings. The molecule has 0 atom stereocenters. The summed E-state index contributed by atoms with van der Waals surface area (Å²) in [5, 5.41) is 0. The first-order valence-corrected chi connectivity index (χ1v) is 12.2. The van der Waals surface area contributed by atoms with Crippen LogP contribution in [0.1, 0.15) is 55.6 Å². The van der Waals surface area contributed by atoms with Crippen molar-refractivity contribution in [3.8, 4) is 0 Å². The largest absolute Gasteiger partial charge is 0.399 e. The van der Waals surface area contributed by atoms with E-state index in [2.05, 4.69) is 76.2 Å². The van der Waals surface area contributed by atoms with Crippen molar-refractivity contribution in [1.29, 1.82) is 0 Å². The molecule has 0 aromatic heterocycles. The normalized spacial score (nSPS) is 11.1. The number of aryl methyl sites for hydroxylation is 4. The Morgan fingerprint density at radius 1 is 0.441 bits per heavy atom. The van der Waals surface area contributed by atoms with Crippen molar-refractivity contribution in [3.05, 3.63) is 128 Å². The van der Waals surface area contributed by atoms with E-state index in [1.807, 2.05) is 24.3 Å². The summed E-state index contributed by atoms with van der Waals surface area (Å²) in [6.45, 7) is 9.02. The summed E-state index contributed by atoms with van der Waals surface area (Å²) in [4.78, 5) is 0. The smallest absolute Gasteiger partial charge is 0.0314 e. The van der Waals surface area contributed by atoms with E-state index < -0.39 is 0 Å². The van der Waals surface area contributed by atoms with E-state index in [1.54, 1.807) is 0 Å². The molecule has 0 aliphatic heterocycles. The lowest BCUT2D eigenvalue weighted by Gasteiger charge is -2.16. The van der Waals surface area contributed by atoms with E-state index in [0.29, 0.717) is 0 Å². The second-order valence-corrected chi connectivity index (χ2v) is 9.75. The van der Waals surface area contributed by atoms with Crippen molar-refractivity contribution in [1.82, 2.24) is 0 Å². The summed E-state index contributed by atoms with van der Waals surface area (Å²) in [6.07, 6.45) is 4.02. The minimum Gasteiger partial charge on any atom is -0.399 e. The molecule has 34 heavy (non-hydrogen) atoms. The number of anilines is 2. The maximum atomic E-state index is 5.83. The number of hydrogen-bond acceptors (Lipinski definition) is 2. The fourth-order valence-corrected chi connectivity index (χ4v) is 5.15. The SMILES string of the molecule is Cc1cc(Cc2ccc(N)cc2)cc(C)c1CCc1c(C)cc(Cc2ccc(N)cc2)cc1C. The summed E-state index contributed by atoms with van der Waals surface area (Å²) >= 11 is 0. The molecule has 2 nitrogen and oxygen atoms in total. The first kappa shape index (κ1) is 23.6. The zero-order valence-electron chi connectivity index (χ0n) is 20.9. The Labute approximate surface area is 204 Å². The van der Waals surface area contributed by atoms with Gasteiger partial charge in [-0.3, -0.25) is 0 Å². The first-order chi connectivity index (χ1) is 16.3. The summed E-state index contributed by atoms with van der Waals surface area (Å²) in [7, 11) is 0. The third-order valence-electron chi connectivity index (χ3n) is 6.91. The number of nitrogens with two attached hydrogens (primary N) is 2. The highest BCUT2D eigenvalue weighted by molar-refractivity contribution is 5.46. The van der Waals surface area contributed by atoms with Gasteiger partial charge in [-0.15, -0.1) is 0 Å². The lowest BCUT2D eigenvalue weighted by atomic mass is 9.89. The molecule has 0 bridgehead atoms. The van der Waals surface area contributed by atoms with Gasteiger partial charge in [0.2, 0.25) is 0 Å². The molecule has 4 N–H and O–H groups in total. The second kappa shape index (κ2) is 10.2. The molecular formula is C32H36N2. The van der Waals surface area contributed by atoms with Gasteiger partial charge in [-0.2, -0.15) is 0 Å². The van der Waals surface area contributed by atoms with E-state index in [9.17, 15) is 0 Å². The van der Waals surface area contributed by atoms with Gasteiger partial charge in [-0.05, 0) is 133 Å². The maximum Gasteiger partial charge on any atom is 0.0314 e. The van der Waals surface area contributed by atoms with Crippen molar-refractivity contribution >= 4 is 11.4 Å². The van der Waals surface area contributed by atoms with Gasteiger partial charge in [0.25, 0.3) is 0 Å². The van der Waals surface area contributed by atoms with Crippen LogP contribution in [0.25, 0.3) is 0 Å². The van der Waals surface area contributed by atoms with E-state index in [-0.39, 0.29) is 0 Å². The van der Waals surface area contributed by atoms with Gasteiger partial charge in [-0.25, -0.2) is 0 Å². The predicted molar refractivity (Wildman–Crippen MR) is 147 cm³/mol. The van der Waals surface area contributed by atoms with Crippen molar-refractivity contribution < 1.29 is 0 Å². The molecule has 0 spiro atoms. The lowest BCUT2D eigenvalue weighted by Crippen LogP contribution is -2.03. The van der Waals surface area contributed by atoms with Gasteiger partial charge >= 0.3 is 0 Å². The Hall–Kier alpha value is -3.52. The van der Waals surface area contributed by atoms with Crippen LogP contribution >= 0.6 is 0 Å². The highest BCUT2D eigenvalue weighted by Gasteiger charge is 2.11. The zero-order valence-corrected chi connectivity index (χ0v) is 20.9. The van der Waals surface area contributed by atoms with E-state index in [0.717, 1.165) is 37.1 Å². The van der Waals surface area contributed by atoms with Gasteiger partial charge in [0.1, 0.15) is 0 Å². The highest BCUT2D eigenvalue weighted by Crippen LogP contribution is 2.25. The summed E-state index contributed by atoms with van der Waals surface area (Å²) in [5.41, 5.74) is 27.1. The van der Waals surface area contributed by atoms with Crippen LogP contribution in [0.2, 0.25) is 0 Å². The number of hydrogen-bond donors (Lipinski definition) is 2. The minimum absolute atomic E-state index is 0.815. The fraction of sp³-hybridized carbons (Fsp3) is 0.250. The molecule has 4 aromatic carbocycles. The van der Waals surface area contributed by atoms with Crippen LogP contribution in [0.5, 0.6) is 0 Å². The molecule has 2 heteroatoms. The Morgan fingerprint density at radius 2 is 0.735 bits per heavy atom. The van der Waals surface area contributed by atoms with Crippen molar-refractivity contribution in [2.24, 2.45) is 0 Å². The Kier molecular flexibility index (Phi) is 7.07. The average molecular weight is 449 g/mol. The fourth-order valence-electron chi connectivity index (χ4n) is 5.15. The molecule has 0 aliphatic carbocycles. The number of rotatable bonds is 7. The molecule has 0 aliphatic rings. The quantitative estimate of drug-likeness (QED) is 0.298. The van der Waals surface area contributed by atoms with Gasteiger partial charge in [0, 0.05) is 11.4 Å². The Bertz CT molecular complexity index is 1130. The molecule has 0 heterocycles. The third-order valence-corrected chi connectivity index (χ3v) is 6.91. The maximum absolute atomic E-state index is 5.83. The van der Waals surface area contributed by atoms with Crippen molar-refractivity contribution in [3.63, 3.8) is 0 Å². The lowest BCUT2D eigenvalue weighted by molar-refractivity contribution is 0.913. The van der Waals surface area contributed by atoms with Crippen LogP contribution in [-0.4, -0.2) is 0 Å². The highest BCUT2D eigenvalue weighted by atomic mass is 14.5. The average Bonchev–Trinajstić information content (AvgIpc) is 2.78. The van der Waals surface area contributed by atoms with E-state index >= 15 is 0 Å². The number of nitrogen functional groups attached to an aromatic ring is 2. The molecule has 174 valence electrons. The third kappa shape index (κ3) is 5.69. The predicted octanol–water partition coefficient (Wildman–Crippen LogP) is 7.05. The molecule has 0 radical (unpaired) electrons. The standard InChI is InChI=1S/C32H36N2/c1-21-15-27(19-25-5-9-29(33)10-6-25)16-22(2)31(21)13-14-32-23(3)17-28(18-24(32)4)20-26-7-11-30(34)12-8-26/h5-12,15-18H,13-14,19-20,33-34H2,1-4H3. The van der Waals surface area contributed by atoms with Crippen molar-refractivity contribution in [2.45, 2.75) is 53.4 Å². The Balaban J connectivity index is 1.47. The molecular weight excluding hydrogens is 412 g/mol. The second-order valence-electron chi connectivity index (χ2n) is 9.75. The summed E-state index contributed by atoms with van der Waals surface area (Å²) in [5.74, 6) is 0. The van der Waals surface area contributed by atoms with Gasteiger partial charge in [-0.1, -0.05) is 48.5 Å². The van der Waals surface area contributed by atoms with Crippen LogP contribution in [0.3, 0.4) is 0 Å². The summed E-state index contributed by atoms with van der Waals surface area (Å²) in [6, 6.07) is 25.8. The minimum atomic E-state index is 0.815. The van der Waals surface area contributed by atoms with Crippen LogP contribution in [0, 0.1) is 27.7 Å². The van der Waals surface area contributed by atoms with Gasteiger partial charge < -0.3 is 11.5 Å². The summed E-state index contributed by atoms with van der Waals surface area (Å²) < 4.78 is 0. The Morgan fingerprint density at radius 3 is 1.03 bits per heavy atom. The number of benzene rings is 4. The van der Waals surface area contributed by atoms with Gasteiger partial charge in [0.05, 0.1) is 0 Å². The molecule has 0 unspecified atom stereocenters.